The van der Waals surface area contributed by atoms with Crippen LogP contribution in [0.2, 0.25) is 0 Å². The van der Waals surface area contributed by atoms with Gasteiger partial charge in [0.05, 0.1) is 46.4 Å². The summed E-state index contributed by atoms with van der Waals surface area (Å²) < 4.78 is 21.7. The maximum Gasteiger partial charge on any atom is 0.224 e. The van der Waals surface area contributed by atoms with Crippen molar-refractivity contribution in [1.82, 2.24) is 19.9 Å². The second-order valence-electron chi connectivity index (χ2n) is 6.35. The van der Waals surface area contributed by atoms with Gasteiger partial charge in [0.25, 0.3) is 0 Å². The standard InChI is InChI=1S/C19H22N6O4/c1-26-13-8-11(9-14(27-2)16(13)28-3)12-10-21-17-15(22-12)18(24-19(20)23-17)25-4-6-29-7-5-25/h8-10H,4-7H2,1-3H3,(H2,20,21,23,24). The maximum absolute atomic E-state index is 5.89. The fourth-order valence-corrected chi connectivity index (χ4v) is 3.27. The Kier molecular flexibility index (Phi) is 5.17. The summed E-state index contributed by atoms with van der Waals surface area (Å²) in [6.07, 6.45) is 1.64. The first-order valence-corrected chi connectivity index (χ1v) is 9.08. The van der Waals surface area contributed by atoms with E-state index in [9.17, 15) is 0 Å². The molecular weight excluding hydrogens is 376 g/mol. The fourth-order valence-electron chi connectivity index (χ4n) is 3.27. The average molecular weight is 398 g/mol. The van der Waals surface area contributed by atoms with E-state index in [1.807, 2.05) is 12.1 Å². The molecule has 0 amide bonds. The number of nitrogen functional groups attached to an aromatic ring is 1. The second kappa shape index (κ2) is 7.92. The summed E-state index contributed by atoms with van der Waals surface area (Å²) in [4.78, 5) is 20.0. The topological polar surface area (TPSA) is 118 Å². The molecule has 29 heavy (non-hydrogen) atoms. The number of anilines is 2. The van der Waals surface area contributed by atoms with Gasteiger partial charge in [-0.1, -0.05) is 0 Å². The summed E-state index contributed by atoms with van der Waals surface area (Å²) in [5, 5.41) is 0. The monoisotopic (exact) mass is 398 g/mol. The zero-order valence-electron chi connectivity index (χ0n) is 16.5. The summed E-state index contributed by atoms with van der Waals surface area (Å²) in [6.45, 7) is 2.63. The number of nitrogens with two attached hydrogens (primary N) is 1. The molecule has 0 spiro atoms. The van der Waals surface area contributed by atoms with E-state index in [1.54, 1.807) is 27.5 Å². The molecule has 1 aliphatic rings. The van der Waals surface area contributed by atoms with E-state index in [0.717, 1.165) is 5.56 Å². The van der Waals surface area contributed by atoms with Gasteiger partial charge in [-0.2, -0.15) is 9.97 Å². The molecule has 4 rings (SSSR count). The van der Waals surface area contributed by atoms with Crippen LogP contribution < -0.4 is 24.8 Å². The molecule has 0 unspecified atom stereocenters. The Bertz CT molecular complexity index is 1010. The lowest BCUT2D eigenvalue weighted by atomic mass is 10.1. The summed E-state index contributed by atoms with van der Waals surface area (Å²) in [5.74, 6) is 2.39. The number of benzene rings is 1. The highest BCUT2D eigenvalue weighted by Crippen LogP contribution is 2.41. The lowest BCUT2D eigenvalue weighted by molar-refractivity contribution is 0.122. The van der Waals surface area contributed by atoms with Crippen molar-refractivity contribution >= 4 is 22.9 Å². The van der Waals surface area contributed by atoms with Crippen LogP contribution in [-0.4, -0.2) is 67.6 Å². The predicted octanol–water partition coefficient (Wildman–Crippen LogP) is 1.53. The minimum absolute atomic E-state index is 0.161. The fraction of sp³-hybridized carbons (Fsp3) is 0.368. The lowest BCUT2D eigenvalue weighted by Crippen LogP contribution is -2.37. The molecule has 2 N–H and O–H groups in total. The first kappa shape index (κ1) is 18.9. The molecule has 1 saturated heterocycles. The zero-order valence-corrected chi connectivity index (χ0v) is 16.5. The van der Waals surface area contributed by atoms with Gasteiger partial charge in [-0.15, -0.1) is 0 Å². The molecular formula is C19H22N6O4. The van der Waals surface area contributed by atoms with E-state index >= 15 is 0 Å². The van der Waals surface area contributed by atoms with Crippen molar-refractivity contribution in [1.29, 1.82) is 0 Å². The number of hydrogen-bond acceptors (Lipinski definition) is 10. The van der Waals surface area contributed by atoms with Gasteiger partial charge in [-0.3, -0.25) is 0 Å². The Morgan fingerprint density at radius 1 is 0.966 bits per heavy atom. The van der Waals surface area contributed by atoms with Crippen molar-refractivity contribution in [3.05, 3.63) is 18.3 Å². The van der Waals surface area contributed by atoms with Crippen LogP contribution in [0.3, 0.4) is 0 Å². The molecule has 0 saturated carbocycles. The largest absolute Gasteiger partial charge is 0.493 e. The molecule has 0 aliphatic carbocycles. The molecule has 0 atom stereocenters. The quantitative estimate of drug-likeness (QED) is 0.678. The van der Waals surface area contributed by atoms with E-state index < -0.39 is 0 Å². The third kappa shape index (κ3) is 3.54. The first-order valence-electron chi connectivity index (χ1n) is 9.08. The van der Waals surface area contributed by atoms with Crippen LogP contribution in [0.25, 0.3) is 22.4 Å². The average Bonchev–Trinajstić information content (AvgIpc) is 2.77. The van der Waals surface area contributed by atoms with Gasteiger partial charge in [0.15, 0.2) is 28.5 Å². The van der Waals surface area contributed by atoms with Gasteiger partial charge in [0, 0.05) is 18.7 Å². The molecule has 10 nitrogen and oxygen atoms in total. The van der Waals surface area contributed by atoms with Crippen molar-refractivity contribution in [2.75, 3.05) is 58.3 Å². The van der Waals surface area contributed by atoms with Crippen LogP contribution in [0.15, 0.2) is 18.3 Å². The van der Waals surface area contributed by atoms with Crippen molar-refractivity contribution in [3.8, 4) is 28.5 Å². The van der Waals surface area contributed by atoms with E-state index in [2.05, 4.69) is 19.9 Å². The summed E-state index contributed by atoms with van der Waals surface area (Å²) >= 11 is 0. The van der Waals surface area contributed by atoms with Crippen LogP contribution in [0.5, 0.6) is 17.2 Å². The second-order valence-corrected chi connectivity index (χ2v) is 6.35. The van der Waals surface area contributed by atoms with Crippen LogP contribution in [0, 0.1) is 0 Å². The lowest BCUT2D eigenvalue weighted by Gasteiger charge is -2.28. The van der Waals surface area contributed by atoms with Crippen LogP contribution in [0.4, 0.5) is 11.8 Å². The number of nitrogens with zero attached hydrogens (tertiary/aromatic N) is 5. The number of rotatable bonds is 5. The molecule has 1 aliphatic heterocycles. The zero-order chi connectivity index (χ0) is 20.4. The van der Waals surface area contributed by atoms with Gasteiger partial charge in [-0.25, -0.2) is 9.97 Å². The molecule has 10 heteroatoms. The summed E-state index contributed by atoms with van der Waals surface area (Å²) in [5.41, 5.74) is 8.30. The van der Waals surface area contributed by atoms with E-state index in [1.165, 1.54) is 0 Å². The Balaban J connectivity index is 1.86. The molecule has 0 bridgehead atoms. The number of aromatic nitrogens is 4. The molecule has 2 aromatic heterocycles. The Morgan fingerprint density at radius 2 is 1.66 bits per heavy atom. The highest BCUT2D eigenvalue weighted by Gasteiger charge is 2.20. The highest BCUT2D eigenvalue weighted by molar-refractivity contribution is 5.86. The van der Waals surface area contributed by atoms with Gasteiger partial charge in [0.1, 0.15) is 0 Å². The van der Waals surface area contributed by atoms with Crippen molar-refractivity contribution in [2.45, 2.75) is 0 Å². The third-order valence-corrected chi connectivity index (χ3v) is 4.68. The van der Waals surface area contributed by atoms with Crippen molar-refractivity contribution in [3.63, 3.8) is 0 Å². The minimum atomic E-state index is 0.161. The van der Waals surface area contributed by atoms with Crippen molar-refractivity contribution in [2.24, 2.45) is 0 Å². The molecule has 3 heterocycles. The van der Waals surface area contributed by atoms with Crippen LogP contribution in [0.1, 0.15) is 0 Å². The van der Waals surface area contributed by atoms with E-state index in [-0.39, 0.29) is 5.95 Å². The Hall–Kier alpha value is -3.40. The smallest absolute Gasteiger partial charge is 0.224 e. The number of ether oxygens (including phenoxy) is 4. The number of morpholine rings is 1. The van der Waals surface area contributed by atoms with Crippen LogP contribution in [-0.2, 0) is 4.74 Å². The Morgan fingerprint density at radius 3 is 2.28 bits per heavy atom. The van der Waals surface area contributed by atoms with Gasteiger partial charge in [0.2, 0.25) is 11.7 Å². The normalized spacial score (nSPS) is 14.1. The minimum Gasteiger partial charge on any atom is -0.493 e. The van der Waals surface area contributed by atoms with Crippen molar-refractivity contribution < 1.29 is 18.9 Å². The molecule has 152 valence electrons. The predicted molar refractivity (Wildman–Crippen MR) is 108 cm³/mol. The maximum atomic E-state index is 5.89. The SMILES string of the molecule is COc1cc(-c2cnc3nc(N)nc(N4CCOCC4)c3n2)cc(OC)c1OC. The van der Waals surface area contributed by atoms with E-state index in [0.29, 0.717) is 66.2 Å². The Labute approximate surface area is 167 Å². The first-order chi connectivity index (χ1) is 14.1. The van der Waals surface area contributed by atoms with Gasteiger partial charge >= 0.3 is 0 Å². The molecule has 3 aromatic rings. The van der Waals surface area contributed by atoms with Crippen LogP contribution >= 0.6 is 0 Å². The van der Waals surface area contributed by atoms with Gasteiger partial charge in [-0.05, 0) is 12.1 Å². The molecule has 0 radical (unpaired) electrons. The third-order valence-electron chi connectivity index (χ3n) is 4.68. The summed E-state index contributed by atoms with van der Waals surface area (Å²) in [6, 6.07) is 3.65. The number of methoxy groups -OCH3 is 3. The summed E-state index contributed by atoms with van der Waals surface area (Å²) in [7, 11) is 4.70. The molecule has 1 fully saturated rings. The number of hydrogen-bond donors (Lipinski definition) is 1. The number of fused-ring (bicyclic) bond motifs is 1. The molecule has 1 aromatic carbocycles. The highest BCUT2D eigenvalue weighted by atomic mass is 16.5. The van der Waals surface area contributed by atoms with Gasteiger partial charge < -0.3 is 29.6 Å². The van der Waals surface area contributed by atoms with E-state index in [4.69, 9.17) is 29.7 Å².